The maximum atomic E-state index is 15.4. The summed E-state index contributed by atoms with van der Waals surface area (Å²) in [6.45, 7) is 0. The highest BCUT2D eigenvalue weighted by atomic mass is 19.2. The van der Waals surface area contributed by atoms with E-state index in [2.05, 4.69) is 16.0 Å². The molecule has 2 fully saturated rings. The van der Waals surface area contributed by atoms with E-state index in [-0.39, 0.29) is 23.4 Å². The van der Waals surface area contributed by atoms with Crippen molar-refractivity contribution in [2.75, 3.05) is 10.6 Å². The van der Waals surface area contributed by atoms with Crippen LogP contribution in [0, 0.1) is 29.3 Å². The van der Waals surface area contributed by atoms with Crippen molar-refractivity contribution < 1.29 is 18.0 Å². The lowest BCUT2D eigenvalue weighted by atomic mass is 9.70. The first kappa shape index (κ1) is 23.1. The fraction of sp³-hybridized carbons (Fsp3) is 0.519. The molecule has 2 aromatic rings. The monoisotopic (exact) mass is 471 g/mol. The van der Waals surface area contributed by atoms with E-state index >= 15 is 4.39 Å². The Balaban J connectivity index is 1.61. The van der Waals surface area contributed by atoms with Crippen LogP contribution in [0.3, 0.4) is 0 Å². The third kappa shape index (κ3) is 4.25. The van der Waals surface area contributed by atoms with Gasteiger partial charge in [0.15, 0.2) is 11.6 Å². The number of benzene rings is 2. The van der Waals surface area contributed by atoms with E-state index < -0.39 is 29.0 Å². The van der Waals surface area contributed by atoms with E-state index in [1.807, 2.05) is 0 Å². The van der Waals surface area contributed by atoms with Crippen LogP contribution in [0.15, 0.2) is 36.4 Å². The molecule has 4 nitrogen and oxygen atoms in total. The average molecular weight is 472 g/mol. The van der Waals surface area contributed by atoms with Crippen LogP contribution in [0.2, 0.25) is 0 Å². The Labute approximate surface area is 198 Å². The van der Waals surface area contributed by atoms with E-state index in [9.17, 15) is 13.6 Å². The molecule has 1 unspecified atom stereocenters. The van der Waals surface area contributed by atoms with E-state index in [0.29, 0.717) is 11.4 Å². The SMILES string of the molecule is O=C(NC1CCCCC1)[C@@H](C1CCCCC1)C1(c2cccc(F)c2F)Nc2ccc(F)cc2N1. The topological polar surface area (TPSA) is 53.2 Å². The molecule has 0 spiro atoms. The zero-order valence-electron chi connectivity index (χ0n) is 19.3. The van der Waals surface area contributed by atoms with Gasteiger partial charge in [-0.1, -0.05) is 50.7 Å². The molecule has 0 saturated heterocycles. The Morgan fingerprint density at radius 3 is 2.29 bits per heavy atom. The summed E-state index contributed by atoms with van der Waals surface area (Å²) >= 11 is 0. The first-order valence-corrected chi connectivity index (χ1v) is 12.6. The number of amides is 1. The fourth-order valence-electron chi connectivity index (χ4n) is 6.22. The molecule has 182 valence electrons. The van der Waals surface area contributed by atoms with Crippen LogP contribution in [0.5, 0.6) is 0 Å². The van der Waals surface area contributed by atoms with Gasteiger partial charge in [0.2, 0.25) is 5.91 Å². The van der Waals surface area contributed by atoms with Gasteiger partial charge in [-0.3, -0.25) is 4.79 Å². The minimum Gasteiger partial charge on any atom is -0.357 e. The van der Waals surface area contributed by atoms with Gasteiger partial charge in [-0.15, -0.1) is 0 Å². The van der Waals surface area contributed by atoms with Gasteiger partial charge in [0.1, 0.15) is 11.5 Å². The second-order valence-corrected chi connectivity index (χ2v) is 10.1. The van der Waals surface area contributed by atoms with E-state index in [4.69, 9.17) is 0 Å². The summed E-state index contributed by atoms with van der Waals surface area (Å²) in [6, 6.07) is 8.37. The van der Waals surface area contributed by atoms with Crippen molar-refractivity contribution in [2.24, 2.45) is 11.8 Å². The molecule has 1 heterocycles. The van der Waals surface area contributed by atoms with Gasteiger partial charge in [0.25, 0.3) is 0 Å². The Morgan fingerprint density at radius 2 is 1.56 bits per heavy atom. The van der Waals surface area contributed by atoms with Crippen molar-refractivity contribution in [2.45, 2.75) is 75.9 Å². The van der Waals surface area contributed by atoms with Gasteiger partial charge in [0.05, 0.1) is 17.3 Å². The van der Waals surface area contributed by atoms with Crippen molar-refractivity contribution >= 4 is 17.3 Å². The van der Waals surface area contributed by atoms with Gasteiger partial charge in [-0.25, -0.2) is 13.2 Å². The highest BCUT2D eigenvalue weighted by Gasteiger charge is 2.53. The summed E-state index contributed by atoms with van der Waals surface area (Å²) in [5.41, 5.74) is -0.381. The molecular weight excluding hydrogens is 439 g/mol. The van der Waals surface area contributed by atoms with Crippen LogP contribution in [0.25, 0.3) is 0 Å². The molecule has 5 rings (SSSR count). The van der Waals surface area contributed by atoms with Crippen LogP contribution in [0.1, 0.15) is 69.8 Å². The quantitative estimate of drug-likeness (QED) is 0.470. The Bertz CT molecular complexity index is 1050. The molecule has 0 aromatic heterocycles. The smallest absolute Gasteiger partial charge is 0.228 e. The van der Waals surface area contributed by atoms with Gasteiger partial charge >= 0.3 is 0 Å². The molecule has 34 heavy (non-hydrogen) atoms. The van der Waals surface area contributed by atoms with Gasteiger partial charge in [0, 0.05) is 11.6 Å². The predicted molar refractivity (Wildman–Crippen MR) is 127 cm³/mol. The third-order valence-corrected chi connectivity index (χ3v) is 7.84. The molecule has 0 bridgehead atoms. The highest BCUT2D eigenvalue weighted by molar-refractivity contribution is 5.86. The van der Waals surface area contributed by atoms with Crippen molar-refractivity contribution in [3.8, 4) is 0 Å². The standard InChI is InChI=1S/C27H32F3N3O/c28-18-14-15-22-23(16-18)33-27(32-22,20-12-7-13-21(29)25(20)30)24(17-8-3-1-4-9-17)26(34)31-19-10-5-2-6-11-19/h7,12-17,19,24,32-33H,1-6,8-11H2,(H,31,34)/t24-,27?/m1/s1. The molecule has 1 aliphatic heterocycles. The van der Waals surface area contributed by atoms with Crippen LogP contribution in [-0.2, 0) is 10.5 Å². The van der Waals surface area contributed by atoms with Gasteiger partial charge in [-0.05, 0) is 55.9 Å². The number of carbonyl (C=O) groups excluding carboxylic acids is 1. The third-order valence-electron chi connectivity index (χ3n) is 7.84. The molecule has 7 heteroatoms. The van der Waals surface area contributed by atoms with Crippen LogP contribution >= 0.6 is 0 Å². The molecule has 2 saturated carbocycles. The molecular formula is C27H32F3N3O. The molecule has 1 amide bonds. The van der Waals surface area contributed by atoms with Gasteiger partial charge in [-0.2, -0.15) is 0 Å². The number of nitrogens with one attached hydrogen (secondary N) is 3. The first-order chi connectivity index (χ1) is 16.5. The Kier molecular flexibility index (Phi) is 6.45. The highest BCUT2D eigenvalue weighted by Crippen LogP contribution is 2.49. The maximum absolute atomic E-state index is 15.4. The van der Waals surface area contributed by atoms with Crippen molar-refractivity contribution in [3.05, 3.63) is 59.4 Å². The zero-order chi connectivity index (χ0) is 23.7. The molecule has 3 aliphatic rings. The molecule has 2 atom stereocenters. The number of carbonyl (C=O) groups is 1. The number of hydrogen-bond acceptors (Lipinski definition) is 3. The second kappa shape index (κ2) is 9.51. The minimum atomic E-state index is -1.43. The van der Waals surface area contributed by atoms with Crippen LogP contribution < -0.4 is 16.0 Å². The number of halogens is 3. The van der Waals surface area contributed by atoms with Crippen LogP contribution in [-0.4, -0.2) is 11.9 Å². The number of hydrogen-bond donors (Lipinski definition) is 3. The molecule has 3 N–H and O–H groups in total. The Hall–Kier alpha value is -2.70. The number of rotatable bonds is 5. The lowest BCUT2D eigenvalue weighted by Gasteiger charge is -2.44. The summed E-state index contributed by atoms with van der Waals surface area (Å²) in [6.07, 6.45) is 9.90. The first-order valence-electron chi connectivity index (χ1n) is 12.6. The zero-order valence-corrected chi connectivity index (χ0v) is 19.3. The second-order valence-electron chi connectivity index (χ2n) is 10.1. The lowest BCUT2D eigenvalue weighted by Crippen LogP contribution is -2.57. The average Bonchev–Trinajstić information content (AvgIpc) is 3.21. The van der Waals surface area contributed by atoms with Crippen molar-refractivity contribution in [1.29, 1.82) is 0 Å². The molecule has 0 radical (unpaired) electrons. The summed E-state index contributed by atoms with van der Waals surface area (Å²) in [5, 5.41) is 9.85. The van der Waals surface area contributed by atoms with Crippen molar-refractivity contribution in [1.82, 2.24) is 5.32 Å². The summed E-state index contributed by atoms with van der Waals surface area (Å²) < 4.78 is 44.0. The Morgan fingerprint density at radius 1 is 0.882 bits per heavy atom. The van der Waals surface area contributed by atoms with Crippen molar-refractivity contribution in [3.63, 3.8) is 0 Å². The fourth-order valence-corrected chi connectivity index (χ4v) is 6.22. The normalized spacial score (nSPS) is 24.1. The predicted octanol–water partition coefficient (Wildman–Crippen LogP) is 6.44. The van der Waals surface area contributed by atoms with Crippen LogP contribution in [0.4, 0.5) is 24.5 Å². The minimum absolute atomic E-state index is 0.0285. The van der Waals surface area contributed by atoms with Gasteiger partial charge < -0.3 is 16.0 Å². The summed E-state index contributed by atoms with van der Waals surface area (Å²) in [5.74, 6) is -3.31. The van der Waals surface area contributed by atoms with E-state index in [1.54, 1.807) is 6.07 Å². The maximum Gasteiger partial charge on any atom is 0.228 e. The van der Waals surface area contributed by atoms with E-state index in [1.165, 1.54) is 30.7 Å². The summed E-state index contributed by atoms with van der Waals surface area (Å²) in [4.78, 5) is 14.0. The molecule has 2 aliphatic carbocycles. The summed E-state index contributed by atoms with van der Waals surface area (Å²) in [7, 11) is 0. The van der Waals surface area contributed by atoms with E-state index in [0.717, 1.165) is 63.9 Å². The largest absolute Gasteiger partial charge is 0.357 e. The number of anilines is 2. The number of fused-ring (bicyclic) bond motifs is 1. The molecule has 2 aromatic carbocycles. The lowest BCUT2D eigenvalue weighted by molar-refractivity contribution is -0.130.